The van der Waals surface area contributed by atoms with Gasteiger partial charge in [0, 0.05) is 5.56 Å². The van der Waals surface area contributed by atoms with Gasteiger partial charge in [0.1, 0.15) is 0 Å². The van der Waals surface area contributed by atoms with Crippen molar-refractivity contribution in [3.05, 3.63) is 35.4 Å². The third-order valence-corrected chi connectivity index (χ3v) is 1.72. The molecule has 0 aliphatic carbocycles. The van der Waals surface area contributed by atoms with Gasteiger partial charge in [-0.1, -0.05) is 12.0 Å². The van der Waals surface area contributed by atoms with E-state index in [0.717, 1.165) is 0 Å². The Bertz CT molecular complexity index is 432. The summed E-state index contributed by atoms with van der Waals surface area (Å²) in [6.45, 7) is 0.121. The van der Waals surface area contributed by atoms with Gasteiger partial charge in [0.15, 0.2) is 0 Å². The number of carboxylic acid groups (broad SMARTS) is 1. The van der Waals surface area contributed by atoms with Gasteiger partial charge in [-0.05, 0) is 18.2 Å². The summed E-state index contributed by atoms with van der Waals surface area (Å²) in [5.41, 5.74) is 0.355. The molecule has 1 rings (SSSR count). The molecule has 1 aromatic rings. The van der Waals surface area contributed by atoms with E-state index in [-0.39, 0.29) is 23.6 Å². The Labute approximate surface area is 86.9 Å². The Morgan fingerprint density at radius 2 is 2.07 bits per heavy atom. The van der Waals surface area contributed by atoms with Gasteiger partial charge in [0.2, 0.25) is 0 Å². The molecule has 0 unspecified atom stereocenters. The smallest absolute Gasteiger partial charge is 0.335 e. The predicted molar refractivity (Wildman–Crippen MR) is 54.6 cm³/mol. The Morgan fingerprint density at radius 1 is 1.40 bits per heavy atom. The van der Waals surface area contributed by atoms with Crippen LogP contribution < -0.4 is 5.32 Å². The molecule has 0 aromatic heterocycles. The fraction of sp³-hybridized carbons (Fsp3) is 0.0909. The monoisotopic (exact) mass is 203 g/mol. The summed E-state index contributed by atoms with van der Waals surface area (Å²) in [6, 6.07) is 5.75. The number of benzene rings is 1. The molecule has 76 valence electrons. The van der Waals surface area contributed by atoms with Crippen LogP contribution >= 0.6 is 0 Å². The molecule has 0 bridgehead atoms. The number of hydrogen-bond acceptors (Lipinski definition) is 2. The van der Waals surface area contributed by atoms with Gasteiger partial charge in [-0.2, -0.15) is 0 Å². The average molecular weight is 203 g/mol. The van der Waals surface area contributed by atoms with Crippen LogP contribution in [-0.4, -0.2) is 23.5 Å². The maximum Gasteiger partial charge on any atom is 0.335 e. The van der Waals surface area contributed by atoms with Crippen molar-refractivity contribution in [1.29, 1.82) is 0 Å². The molecule has 0 atom stereocenters. The van der Waals surface area contributed by atoms with Crippen LogP contribution in [0.25, 0.3) is 0 Å². The molecule has 0 heterocycles. The molecule has 0 saturated heterocycles. The molecular formula is C11H9NO3. The van der Waals surface area contributed by atoms with Crippen LogP contribution in [-0.2, 0) is 0 Å². The van der Waals surface area contributed by atoms with Crippen molar-refractivity contribution < 1.29 is 14.7 Å². The van der Waals surface area contributed by atoms with Crippen molar-refractivity contribution in [2.75, 3.05) is 6.54 Å². The van der Waals surface area contributed by atoms with Crippen molar-refractivity contribution in [3.8, 4) is 12.3 Å². The molecular weight excluding hydrogens is 194 g/mol. The SMILES string of the molecule is C#CCNC(=O)c1cccc(C(=O)O)c1. The zero-order valence-electron chi connectivity index (χ0n) is 7.86. The number of carboxylic acids is 1. The zero-order valence-corrected chi connectivity index (χ0v) is 7.86. The number of aromatic carboxylic acids is 1. The van der Waals surface area contributed by atoms with E-state index in [1.807, 2.05) is 0 Å². The zero-order chi connectivity index (χ0) is 11.3. The van der Waals surface area contributed by atoms with Gasteiger partial charge >= 0.3 is 5.97 Å². The summed E-state index contributed by atoms with van der Waals surface area (Å²) in [7, 11) is 0. The summed E-state index contributed by atoms with van der Waals surface area (Å²) < 4.78 is 0. The molecule has 0 saturated carbocycles. The van der Waals surface area contributed by atoms with Crippen molar-refractivity contribution in [3.63, 3.8) is 0 Å². The van der Waals surface area contributed by atoms with Gasteiger partial charge in [0.25, 0.3) is 5.91 Å². The minimum atomic E-state index is -1.07. The second-order valence-electron chi connectivity index (χ2n) is 2.77. The first-order valence-corrected chi connectivity index (χ1v) is 4.20. The molecule has 0 fully saturated rings. The van der Waals surface area contributed by atoms with E-state index < -0.39 is 5.97 Å². The highest BCUT2D eigenvalue weighted by Gasteiger charge is 2.08. The third-order valence-electron chi connectivity index (χ3n) is 1.72. The molecule has 0 aliphatic heterocycles. The van der Waals surface area contributed by atoms with Crippen molar-refractivity contribution >= 4 is 11.9 Å². The standard InChI is InChI=1S/C11H9NO3/c1-2-6-12-10(13)8-4-3-5-9(7-8)11(14)15/h1,3-5,7H,6H2,(H,12,13)(H,14,15). The molecule has 0 radical (unpaired) electrons. The number of nitrogens with one attached hydrogen (secondary N) is 1. The average Bonchev–Trinajstić information content (AvgIpc) is 2.26. The molecule has 15 heavy (non-hydrogen) atoms. The minimum Gasteiger partial charge on any atom is -0.478 e. The molecule has 1 aromatic carbocycles. The third kappa shape index (κ3) is 2.85. The van der Waals surface area contributed by atoms with E-state index >= 15 is 0 Å². The maximum atomic E-state index is 11.4. The number of hydrogen-bond donors (Lipinski definition) is 2. The summed E-state index contributed by atoms with van der Waals surface area (Å²) in [5, 5.41) is 11.1. The summed E-state index contributed by atoms with van der Waals surface area (Å²) in [5.74, 6) is 0.811. The van der Waals surface area contributed by atoms with Gasteiger partial charge in [0.05, 0.1) is 12.1 Å². The number of rotatable bonds is 3. The van der Waals surface area contributed by atoms with E-state index in [9.17, 15) is 9.59 Å². The highest BCUT2D eigenvalue weighted by Crippen LogP contribution is 2.04. The topological polar surface area (TPSA) is 66.4 Å². The van der Waals surface area contributed by atoms with E-state index in [0.29, 0.717) is 0 Å². The summed E-state index contributed by atoms with van der Waals surface area (Å²) in [6.07, 6.45) is 4.97. The predicted octanol–water partition coefficient (Wildman–Crippen LogP) is 0.748. The van der Waals surface area contributed by atoms with Gasteiger partial charge < -0.3 is 10.4 Å². The van der Waals surface area contributed by atoms with Gasteiger partial charge in [-0.3, -0.25) is 4.79 Å². The number of carbonyl (C=O) groups is 2. The quantitative estimate of drug-likeness (QED) is 0.712. The lowest BCUT2D eigenvalue weighted by molar-refractivity contribution is 0.0697. The lowest BCUT2D eigenvalue weighted by Crippen LogP contribution is -2.23. The first-order valence-electron chi connectivity index (χ1n) is 4.20. The second kappa shape index (κ2) is 4.82. The fourth-order valence-corrected chi connectivity index (χ4v) is 1.03. The Balaban J connectivity index is 2.86. The van der Waals surface area contributed by atoms with E-state index in [1.165, 1.54) is 24.3 Å². The first kappa shape index (κ1) is 10.8. The number of terminal acetylenes is 1. The van der Waals surface area contributed by atoms with Crippen LogP contribution in [0, 0.1) is 12.3 Å². The van der Waals surface area contributed by atoms with Crippen LogP contribution in [0.5, 0.6) is 0 Å². The fourth-order valence-electron chi connectivity index (χ4n) is 1.03. The van der Waals surface area contributed by atoms with Gasteiger partial charge in [-0.25, -0.2) is 4.79 Å². The van der Waals surface area contributed by atoms with E-state index in [2.05, 4.69) is 11.2 Å². The van der Waals surface area contributed by atoms with Crippen LogP contribution in [0.2, 0.25) is 0 Å². The van der Waals surface area contributed by atoms with Crippen molar-refractivity contribution in [2.45, 2.75) is 0 Å². The molecule has 2 N–H and O–H groups in total. The van der Waals surface area contributed by atoms with E-state index in [1.54, 1.807) is 0 Å². The molecule has 0 aliphatic rings. The first-order chi connectivity index (χ1) is 7.15. The summed E-state index contributed by atoms with van der Waals surface area (Å²) in [4.78, 5) is 22.0. The number of carbonyl (C=O) groups excluding carboxylic acids is 1. The molecule has 1 amide bonds. The Hall–Kier alpha value is -2.28. The minimum absolute atomic E-state index is 0.0726. The summed E-state index contributed by atoms with van der Waals surface area (Å²) >= 11 is 0. The molecule has 4 nitrogen and oxygen atoms in total. The van der Waals surface area contributed by atoms with Crippen molar-refractivity contribution in [1.82, 2.24) is 5.32 Å². The Kier molecular flexibility index (Phi) is 3.47. The lowest BCUT2D eigenvalue weighted by atomic mass is 10.1. The largest absolute Gasteiger partial charge is 0.478 e. The van der Waals surface area contributed by atoms with Crippen LogP contribution in [0.3, 0.4) is 0 Å². The molecule has 0 spiro atoms. The van der Waals surface area contributed by atoms with Crippen LogP contribution in [0.1, 0.15) is 20.7 Å². The molecule has 4 heteroatoms. The van der Waals surface area contributed by atoms with Crippen LogP contribution in [0.4, 0.5) is 0 Å². The number of amides is 1. The normalized spacial score (nSPS) is 9.00. The van der Waals surface area contributed by atoms with Crippen LogP contribution in [0.15, 0.2) is 24.3 Å². The maximum absolute atomic E-state index is 11.4. The van der Waals surface area contributed by atoms with Crippen molar-refractivity contribution in [2.24, 2.45) is 0 Å². The highest BCUT2D eigenvalue weighted by molar-refractivity contribution is 5.97. The van der Waals surface area contributed by atoms with E-state index in [4.69, 9.17) is 11.5 Å². The lowest BCUT2D eigenvalue weighted by Gasteiger charge is -2.02. The highest BCUT2D eigenvalue weighted by atomic mass is 16.4. The Morgan fingerprint density at radius 3 is 2.67 bits per heavy atom. The second-order valence-corrected chi connectivity index (χ2v) is 2.77. The van der Waals surface area contributed by atoms with Gasteiger partial charge in [-0.15, -0.1) is 6.42 Å².